The molecule has 0 spiro atoms. The van der Waals surface area contributed by atoms with E-state index >= 15 is 0 Å². The van der Waals surface area contributed by atoms with Gasteiger partial charge in [0, 0.05) is 13.0 Å². The standard InChI is InChI=1S/C19H37N9O6/c20-8-2-1-4-12(17(33)26-10-15(30)31)28-18(34)13(5-3-9-25-19(23)24)27-16(32)11(21)6-7-14(22)29/h11-13H,1-10,20-21H2,(H2,22,29)(H,26,33)(H,27,32)(H,28,34)(H,30,31)(H4,23,24,25). The number of hydrogen-bond donors (Lipinski definition) is 9. The van der Waals surface area contributed by atoms with E-state index in [1.54, 1.807) is 0 Å². The molecule has 0 rings (SSSR count). The van der Waals surface area contributed by atoms with Crippen molar-refractivity contribution < 1.29 is 29.1 Å². The van der Waals surface area contributed by atoms with E-state index in [1.165, 1.54) is 0 Å². The van der Waals surface area contributed by atoms with Crippen molar-refractivity contribution in [3.8, 4) is 0 Å². The van der Waals surface area contributed by atoms with Gasteiger partial charge in [-0.3, -0.25) is 29.0 Å². The zero-order valence-electron chi connectivity index (χ0n) is 19.1. The van der Waals surface area contributed by atoms with Crippen LogP contribution in [0.15, 0.2) is 4.99 Å². The molecule has 0 heterocycles. The van der Waals surface area contributed by atoms with E-state index in [1.807, 2.05) is 0 Å². The number of carbonyl (C=O) groups is 5. The Labute approximate surface area is 197 Å². The van der Waals surface area contributed by atoms with Crippen LogP contribution in [0.25, 0.3) is 0 Å². The number of aliphatic imine (C=N–C) groups is 1. The summed E-state index contributed by atoms with van der Waals surface area (Å²) < 4.78 is 0. The summed E-state index contributed by atoms with van der Waals surface area (Å²) in [5.74, 6) is -4.04. The number of primary amides is 1. The summed E-state index contributed by atoms with van der Waals surface area (Å²) in [6.07, 6.45) is 1.61. The molecule has 15 nitrogen and oxygen atoms in total. The molecule has 0 radical (unpaired) electrons. The molecular weight excluding hydrogens is 450 g/mol. The lowest BCUT2D eigenvalue weighted by Crippen LogP contribution is -2.56. The van der Waals surface area contributed by atoms with Crippen molar-refractivity contribution >= 4 is 35.6 Å². The van der Waals surface area contributed by atoms with Crippen LogP contribution in [0.4, 0.5) is 0 Å². The molecule has 4 amide bonds. The maximum atomic E-state index is 12.9. The van der Waals surface area contributed by atoms with Crippen molar-refractivity contribution in [2.24, 2.45) is 33.7 Å². The Bertz CT molecular complexity index is 727. The van der Waals surface area contributed by atoms with Crippen molar-refractivity contribution in [2.45, 2.75) is 63.1 Å². The first kappa shape index (κ1) is 30.5. The number of nitrogens with two attached hydrogens (primary N) is 5. The molecule has 3 unspecified atom stereocenters. The number of nitrogens with zero attached hydrogens (tertiary/aromatic N) is 1. The number of carboxylic acids is 1. The lowest BCUT2D eigenvalue weighted by molar-refractivity contribution is -0.138. The Morgan fingerprint density at radius 2 is 1.41 bits per heavy atom. The summed E-state index contributed by atoms with van der Waals surface area (Å²) in [6, 6.07) is -3.22. The summed E-state index contributed by atoms with van der Waals surface area (Å²) in [7, 11) is 0. The Morgan fingerprint density at radius 1 is 0.824 bits per heavy atom. The number of aliphatic carboxylic acids is 1. The van der Waals surface area contributed by atoms with Gasteiger partial charge >= 0.3 is 5.97 Å². The van der Waals surface area contributed by atoms with Crippen LogP contribution in [0.3, 0.4) is 0 Å². The minimum atomic E-state index is -1.24. The second kappa shape index (κ2) is 17.1. The number of nitrogens with one attached hydrogen (secondary N) is 3. The smallest absolute Gasteiger partial charge is 0.322 e. The maximum Gasteiger partial charge on any atom is 0.322 e. The van der Waals surface area contributed by atoms with Gasteiger partial charge in [-0.25, -0.2) is 0 Å². The van der Waals surface area contributed by atoms with E-state index in [2.05, 4.69) is 20.9 Å². The molecule has 15 heteroatoms. The third-order valence-electron chi connectivity index (χ3n) is 4.61. The van der Waals surface area contributed by atoms with E-state index in [-0.39, 0.29) is 38.2 Å². The SMILES string of the molecule is NCCCCC(NC(=O)C(CCCN=C(N)N)NC(=O)C(N)CCC(N)=O)C(=O)NCC(=O)O. The average molecular weight is 488 g/mol. The van der Waals surface area contributed by atoms with Crippen LogP contribution in [0.5, 0.6) is 0 Å². The Hall–Kier alpha value is -3.46. The van der Waals surface area contributed by atoms with Crippen molar-refractivity contribution in [1.29, 1.82) is 0 Å². The van der Waals surface area contributed by atoms with Gasteiger partial charge in [-0.2, -0.15) is 0 Å². The average Bonchev–Trinajstić information content (AvgIpc) is 2.76. The summed E-state index contributed by atoms with van der Waals surface area (Å²) in [5.41, 5.74) is 26.9. The van der Waals surface area contributed by atoms with Crippen LogP contribution >= 0.6 is 0 Å². The number of hydrogen-bond acceptors (Lipinski definition) is 8. The molecule has 0 fully saturated rings. The third-order valence-corrected chi connectivity index (χ3v) is 4.61. The lowest BCUT2D eigenvalue weighted by Gasteiger charge is -2.24. The van der Waals surface area contributed by atoms with Gasteiger partial charge in [0.05, 0.1) is 6.04 Å². The number of guanidine groups is 1. The van der Waals surface area contributed by atoms with Gasteiger partial charge in [-0.05, 0) is 45.1 Å². The van der Waals surface area contributed by atoms with Crippen LogP contribution in [-0.4, -0.2) is 78.4 Å². The monoisotopic (exact) mass is 487 g/mol. The summed E-state index contributed by atoms with van der Waals surface area (Å²) in [6.45, 7) is -0.0473. The number of unbranched alkanes of at least 4 members (excludes halogenated alkanes) is 1. The molecule has 0 saturated carbocycles. The largest absolute Gasteiger partial charge is 0.480 e. The Kier molecular flexibility index (Phi) is 15.3. The summed E-state index contributed by atoms with van der Waals surface area (Å²) >= 11 is 0. The van der Waals surface area contributed by atoms with Gasteiger partial charge in [-0.1, -0.05) is 0 Å². The maximum absolute atomic E-state index is 12.9. The summed E-state index contributed by atoms with van der Waals surface area (Å²) in [5, 5.41) is 16.1. The molecule has 14 N–H and O–H groups in total. The van der Waals surface area contributed by atoms with Crippen LogP contribution in [0, 0.1) is 0 Å². The van der Waals surface area contributed by atoms with E-state index in [0.29, 0.717) is 25.8 Å². The van der Waals surface area contributed by atoms with Crippen molar-refractivity contribution in [3.05, 3.63) is 0 Å². The second-order valence-electron chi connectivity index (χ2n) is 7.58. The van der Waals surface area contributed by atoms with Gasteiger partial charge < -0.3 is 49.7 Å². The van der Waals surface area contributed by atoms with Crippen LogP contribution < -0.4 is 44.6 Å². The third kappa shape index (κ3) is 14.6. The number of carbonyl (C=O) groups excluding carboxylic acids is 4. The molecule has 0 aliphatic carbocycles. The van der Waals surface area contributed by atoms with Crippen LogP contribution in [0.1, 0.15) is 44.9 Å². The summed E-state index contributed by atoms with van der Waals surface area (Å²) in [4.78, 5) is 63.3. The van der Waals surface area contributed by atoms with Gasteiger partial charge in [0.15, 0.2) is 5.96 Å². The predicted molar refractivity (Wildman–Crippen MR) is 124 cm³/mol. The van der Waals surface area contributed by atoms with Gasteiger partial charge in [0.1, 0.15) is 18.6 Å². The van der Waals surface area contributed by atoms with Gasteiger partial charge in [-0.15, -0.1) is 0 Å². The van der Waals surface area contributed by atoms with Crippen molar-refractivity contribution in [3.63, 3.8) is 0 Å². The first-order valence-electron chi connectivity index (χ1n) is 10.9. The zero-order chi connectivity index (χ0) is 26.1. The highest BCUT2D eigenvalue weighted by Crippen LogP contribution is 2.05. The zero-order valence-corrected chi connectivity index (χ0v) is 19.1. The highest BCUT2D eigenvalue weighted by Gasteiger charge is 2.28. The molecule has 0 aromatic rings. The molecule has 0 aliphatic heterocycles. The molecule has 34 heavy (non-hydrogen) atoms. The highest BCUT2D eigenvalue weighted by atomic mass is 16.4. The lowest BCUT2D eigenvalue weighted by atomic mass is 10.1. The molecule has 194 valence electrons. The fourth-order valence-corrected chi connectivity index (χ4v) is 2.80. The van der Waals surface area contributed by atoms with Crippen molar-refractivity contribution in [2.75, 3.05) is 19.6 Å². The van der Waals surface area contributed by atoms with E-state index in [9.17, 15) is 24.0 Å². The first-order chi connectivity index (χ1) is 16.0. The van der Waals surface area contributed by atoms with E-state index in [0.717, 1.165) is 0 Å². The Balaban J connectivity index is 5.35. The second-order valence-corrected chi connectivity index (χ2v) is 7.58. The molecule has 0 aromatic heterocycles. The molecule has 0 aromatic carbocycles. The van der Waals surface area contributed by atoms with Crippen LogP contribution in [0.2, 0.25) is 0 Å². The topological polar surface area (TPSA) is 284 Å². The molecule has 0 bridgehead atoms. The predicted octanol–water partition coefficient (Wildman–Crippen LogP) is -4.07. The number of rotatable bonds is 18. The van der Waals surface area contributed by atoms with Gasteiger partial charge in [0.2, 0.25) is 23.6 Å². The molecular formula is C19H37N9O6. The minimum Gasteiger partial charge on any atom is -0.480 e. The number of amides is 4. The normalized spacial score (nSPS) is 13.1. The minimum absolute atomic E-state index is 0.0111. The molecule has 0 aliphatic rings. The first-order valence-corrected chi connectivity index (χ1v) is 10.9. The van der Waals surface area contributed by atoms with E-state index in [4.69, 9.17) is 33.8 Å². The number of carboxylic acid groups (broad SMARTS) is 1. The highest BCUT2D eigenvalue weighted by molar-refractivity contribution is 5.93. The van der Waals surface area contributed by atoms with E-state index < -0.39 is 54.3 Å². The van der Waals surface area contributed by atoms with Crippen molar-refractivity contribution in [1.82, 2.24) is 16.0 Å². The molecule has 3 atom stereocenters. The Morgan fingerprint density at radius 3 is 1.97 bits per heavy atom. The fourth-order valence-electron chi connectivity index (χ4n) is 2.80. The fraction of sp³-hybridized carbons (Fsp3) is 0.684. The quantitative estimate of drug-likeness (QED) is 0.0511. The molecule has 0 saturated heterocycles. The van der Waals surface area contributed by atoms with Gasteiger partial charge in [0.25, 0.3) is 0 Å². The van der Waals surface area contributed by atoms with Crippen LogP contribution in [-0.2, 0) is 24.0 Å².